The number of hydrogen-bond donors (Lipinski definition) is 6. The highest BCUT2D eigenvalue weighted by atomic mass is 16.7. The highest BCUT2D eigenvalue weighted by molar-refractivity contribution is 5.76. The molecule has 0 radical (unpaired) electrons. The lowest BCUT2D eigenvalue weighted by Gasteiger charge is -2.40. The van der Waals surface area contributed by atoms with Gasteiger partial charge < -0.3 is 40.3 Å². The number of rotatable bonds is 41. The van der Waals surface area contributed by atoms with Gasteiger partial charge in [-0.15, -0.1) is 0 Å². The first-order valence-corrected chi connectivity index (χ1v) is 25.6. The molecule has 1 aliphatic rings. The molecule has 9 nitrogen and oxygen atoms in total. The van der Waals surface area contributed by atoms with Gasteiger partial charge in [-0.1, -0.05) is 187 Å². The number of amides is 1. The zero-order valence-corrected chi connectivity index (χ0v) is 40.7. The van der Waals surface area contributed by atoms with Gasteiger partial charge in [0, 0.05) is 6.42 Å². The van der Waals surface area contributed by atoms with Gasteiger partial charge in [0.2, 0.25) is 5.91 Å². The van der Waals surface area contributed by atoms with Gasteiger partial charge in [0.15, 0.2) is 6.29 Å². The van der Waals surface area contributed by atoms with Crippen LogP contribution in [-0.2, 0) is 14.3 Å². The largest absolute Gasteiger partial charge is 0.394 e. The van der Waals surface area contributed by atoms with Gasteiger partial charge in [-0.05, 0) is 96.3 Å². The second-order valence-corrected chi connectivity index (χ2v) is 17.2. The van der Waals surface area contributed by atoms with Crippen molar-refractivity contribution in [3.05, 3.63) is 109 Å². The molecule has 1 fully saturated rings. The second-order valence-electron chi connectivity index (χ2n) is 17.2. The summed E-state index contributed by atoms with van der Waals surface area (Å²) in [4.78, 5) is 13.0. The summed E-state index contributed by atoms with van der Waals surface area (Å²) in [5.41, 5.74) is 0. The molecular formula is C56H93NO8. The summed E-state index contributed by atoms with van der Waals surface area (Å²) in [6.07, 6.45) is 58.5. The predicted molar refractivity (Wildman–Crippen MR) is 271 cm³/mol. The van der Waals surface area contributed by atoms with Gasteiger partial charge in [-0.2, -0.15) is 0 Å². The Bertz CT molecular complexity index is 1380. The molecule has 65 heavy (non-hydrogen) atoms. The molecule has 0 bridgehead atoms. The van der Waals surface area contributed by atoms with Crippen LogP contribution >= 0.6 is 0 Å². The van der Waals surface area contributed by atoms with E-state index in [1.165, 1.54) is 57.8 Å². The van der Waals surface area contributed by atoms with Crippen LogP contribution in [0, 0.1) is 0 Å². The standard InChI is InChI=1S/C56H93NO8/c1-3-5-7-9-11-13-15-17-19-20-21-22-23-24-25-26-27-28-29-30-32-34-36-38-40-42-44-46-52(60)57-49(48-64-56-55(63)54(62)53(61)51(47-58)65-56)50(59)45-43-41-39-37-35-33-31-18-16-14-12-10-8-6-4-2/h5,7,11,13,16-19,21-22,24-25,27-28,35,37,43,45,49-51,53-56,58-59,61-63H,3-4,6,8-10,12,14-15,20,23,26,29-34,36,38-42,44,46-48H2,1-2H3,(H,57,60)/b7-5-,13-11-,18-16+,19-17-,22-21-,25-24-,28-27-,37-35+,45-43+. The zero-order chi connectivity index (χ0) is 47.3. The van der Waals surface area contributed by atoms with E-state index < -0.39 is 49.5 Å². The van der Waals surface area contributed by atoms with Crippen molar-refractivity contribution in [2.45, 2.75) is 224 Å². The molecule has 0 aliphatic carbocycles. The number of aliphatic hydroxyl groups is 5. The van der Waals surface area contributed by atoms with Crippen LogP contribution in [0.15, 0.2) is 109 Å². The molecule has 6 N–H and O–H groups in total. The second kappa shape index (κ2) is 44.7. The first-order valence-electron chi connectivity index (χ1n) is 25.6. The fourth-order valence-electron chi connectivity index (χ4n) is 7.25. The van der Waals surface area contributed by atoms with E-state index in [2.05, 4.69) is 116 Å². The lowest BCUT2D eigenvalue weighted by atomic mass is 9.99. The van der Waals surface area contributed by atoms with Gasteiger partial charge in [-0.3, -0.25) is 4.79 Å². The van der Waals surface area contributed by atoms with Gasteiger partial charge in [0.25, 0.3) is 0 Å². The van der Waals surface area contributed by atoms with Crippen molar-refractivity contribution in [2.24, 2.45) is 0 Å². The maximum atomic E-state index is 13.0. The molecular weight excluding hydrogens is 815 g/mol. The van der Waals surface area contributed by atoms with E-state index in [0.717, 1.165) is 103 Å². The van der Waals surface area contributed by atoms with Crippen LogP contribution in [0.4, 0.5) is 0 Å². The molecule has 1 amide bonds. The van der Waals surface area contributed by atoms with E-state index in [-0.39, 0.29) is 12.5 Å². The van der Waals surface area contributed by atoms with Gasteiger partial charge in [-0.25, -0.2) is 0 Å². The van der Waals surface area contributed by atoms with E-state index >= 15 is 0 Å². The molecule has 1 heterocycles. The predicted octanol–water partition coefficient (Wildman–Crippen LogP) is 11.8. The SMILES string of the molecule is CC/C=C\C/C=C\C/C=C\C/C=C\C/C=C\C/C=C\CCCCCCCCCCC(=O)NC(COC1OC(CO)C(O)C(O)C1O)C(O)/C=C/CC/C=C/CC/C=C/CCCCCCC. The average Bonchev–Trinajstić information content (AvgIpc) is 3.31. The third-order valence-electron chi connectivity index (χ3n) is 11.3. The lowest BCUT2D eigenvalue weighted by molar-refractivity contribution is -0.302. The van der Waals surface area contributed by atoms with Crippen molar-refractivity contribution < 1.29 is 39.8 Å². The van der Waals surface area contributed by atoms with Crippen molar-refractivity contribution in [1.82, 2.24) is 5.32 Å². The van der Waals surface area contributed by atoms with Crippen molar-refractivity contribution in [3.63, 3.8) is 0 Å². The van der Waals surface area contributed by atoms with E-state index in [1.807, 2.05) is 6.08 Å². The smallest absolute Gasteiger partial charge is 0.220 e. The van der Waals surface area contributed by atoms with Crippen LogP contribution in [0.25, 0.3) is 0 Å². The van der Waals surface area contributed by atoms with Crippen molar-refractivity contribution >= 4 is 5.91 Å². The summed E-state index contributed by atoms with van der Waals surface area (Å²) in [6.45, 7) is 3.60. The Morgan fingerprint density at radius 2 is 0.969 bits per heavy atom. The Balaban J connectivity index is 2.31. The summed E-state index contributed by atoms with van der Waals surface area (Å²) in [6, 6.07) is -0.840. The molecule has 0 saturated carbocycles. The van der Waals surface area contributed by atoms with Crippen LogP contribution in [0.3, 0.4) is 0 Å². The number of allylic oxidation sites excluding steroid dienone is 17. The Morgan fingerprint density at radius 3 is 1.48 bits per heavy atom. The minimum Gasteiger partial charge on any atom is -0.394 e. The number of carbonyl (C=O) groups is 1. The molecule has 7 atom stereocenters. The number of hydrogen-bond acceptors (Lipinski definition) is 8. The average molecular weight is 908 g/mol. The van der Waals surface area contributed by atoms with Crippen molar-refractivity contribution in [2.75, 3.05) is 13.2 Å². The van der Waals surface area contributed by atoms with E-state index in [9.17, 15) is 30.3 Å². The summed E-state index contributed by atoms with van der Waals surface area (Å²) >= 11 is 0. The quantitative estimate of drug-likeness (QED) is 0.0262. The number of nitrogens with one attached hydrogen (secondary N) is 1. The topological polar surface area (TPSA) is 149 Å². The van der Waals surface area contributed by atoms with Crippen LogP contribution in [0.5, 0.6) is 0 Å². The zero-order valence-electron chi connectivity index (χ0n) is 40.7. The summed E-state index contributed by atoms with van der Waals surface area (Å²) in [5.74, 6) is -0.206. The maximum absolute atomic E-state index is 13.0. The van der Waals surface area contributed by atoms with Crippen LogP contribution in [0.2, 0.25) is 0 Å². The summed E-state index contributed by atoms with van der Waals surface area (Å²) in [5, 5.41) is 54.3. The summed E-state index contributed by atoms with van der Waals surface area (Å²) in [7, 11) is 0. The van der Waals surface area contributed by atoms with Crippen molar-refractivity contribution in [1.29, 1.82) is 0 Å². The molecule has 0 aromatic carbocycles. The number of aliphatic hydroxyl groups excluding tert-OH is 5. The van der Waals surface area contributed by atoms with Crippen molar-refractivity contribution in [3.8, 4) is 0 Å². The van der Waals surface area contributed by atoms with E-state index in [1.54, 1.807) is 6.08 Å². The Kier molecular flexibility index (Phi) is 41.1. The van der Waals surface area contributed by atoms with Gasteiger partial charge in [0.1, 0.15) is 24.4 Å². The number of unbranched alkanes of at least 4 members (excludes halogenated alkanes) is 15. The fourth-order valence-corrected chi connectivity index (χ4v) is 7.25. The third-order valence-corrected chi connectivity index (χ3v) is 11.3. The van der Waals surface area contributed by atoms with Crippen LogP contribution in [-0.4, -0.2) is 87.5 Å². The van der Waals surface area contributed by atoms with Crippen LogP contribution in [0.1, 0.15) is 181 Å². The maximum Gasteiger partial charge on any atom is 0.220 e. The molecule has 7 unspecified atom stereocenters. The molecule has 0 spiro atoms. The normalized spacial score (nSPS) is 20.9. The third kappa shape index (κ3) is 34.8. The van der Waals surface area contributed by atoms with E-state index in [4.69, 9.17) is 9.47 Å². The molecule has 9 heteroatoms. The minimum absolute atomic E-state index is 0.206. The molecule has 0 aromatic rings. The first kappa shape index (κ1) is 59.9. The molecule has 1 aliphatic heterocycles. The lowest BCUT2D eigenvalue weighted by Crippen LogP contribution is -2.60. The fraction of sp³-hybridized carbons (Fsp3) is 0.661. The molecule has 1 saturated heterocycles. The minimum atomic E-state index is -1.58. The molecule has 0 aromatic heterocycles. The highest BCUT2D eigenvalue weighted by Crippen LogP contribution is 2.22. The first-order chi connectivity index (χ1) is 31.8. The van der Waals surface area contributed by atoms with Gasteiger partial charge >= 0.3 is 0 Å². The van der Waals surface area contributed by atoms with E-state index in [0.29, 0.717) is 6.42 Å². The molecule has 370 valence electrons. The Morgan fingerprint density at radius 1 is 0.538 bits per heavy atom. The summed E-state index contributed by atoms with van der Waals surface area (Å²) < 4.78 is 11.2. The van der Waals surface area contributed by atoms with Gasteiger partial charge in [0.05, 0.1) is 25.4 Å². The number of ether oxygens (including phenoxy) is 2. The monoisotopic (exact) mass is 908 g/mol. The van der Waals surface area contributed by atoms with Crippen LogP contribution < -0.4 is 5.32 Å². The molecule has 1 rings (SSSR count). The highest BCUT2D eigenvalue weighted by Gasteiger charge is 2.44. The number of carbonyl (C=O) groups excluding carboxylic acids is 1. The Labute approximate surface area is 396 Å². The Hall–Kier alpha value is -3.15.